The summed E-state index contributed by atoms with van der Waals surface area (Å²) < 4.78 is 1.75. The molecular weight excluding hydrogens is 367 g/mol. The molecule has 1 heterocycles. The van der Waals surface area contributed by atoms with Crippen molar-refractivity contribution in [3.63, 3.8) is 0 Å². The molecule has 0 saturated carbocycles. The first-order chi connectivity index (χ1) is 8.59. The van der Waals surface area contributed by atoms with Crippen molar-refractivity contribution in [1.82, 2.24) is 9.55 Å². The molecule has 92 valence electrons. The fourth-order valence-corrected chi connectivity index (χ4v) is 2.18. The van der Waals surface area contributed by atoms with Crippen LogP contribution in [0.5, 0.6) is 0 Å². The van der Waals surface area contributed by atoms with Crippen LogP contribution in [0.3, 0.4) is 0 Å². The second kappa shape index (κ2) is 5.62. The Morgan fingerprint density at radius 3 is 2.83 bits per heavy atom. The van der Waals surface area contributed by atoms with Crippen LogP contribution in [0.2, 0.25) is 5.02 Å². The van der Waals surface area contributed by atoms with E-state index in [0.717, 1.165) is 0 Å². The molecule has 0 aliphatic heterocycles. The van der Waals surface area contributed by atoms with Crippen LogP contribution in [0, 0.1) is 3.57 Å². The quantitative estimate of drug-likeness (QED) is 0.612. The highest BCUT2D eigenvalue weighted by Crippen LogP contribution is 2.15. The van der Waals surface area contributed by atoms with Gasteiger partial charge in [0.05, 0.1) is 21.5 Å². The van der Waals surface area contributed by atoms with Crippen LogP contribution in [0.25, 0.3) is 0 Å². The molecule has 0 atom stereocenters. The topological polar surface area (TPSA) is 52.0 Å². The number of nitrogens with zero attached hydrogens (tertiary/aromatic N) is 2. The third-order valence-corrected chi connectivity index (χ3v) is 3.42. The van der Waals surface area contributed by atoms with Crippen LogP contribution in [0.1, 0.15) is 10.4 Å². The lowest BCUT2D eigenvalue weighted by Crippen LogP contribution is -2.26. The van der Waals surface area contributed by atoms with Gasteiger partial charge in [0.25, 0.3) is 5.56 Å². The fourth-order valence-electron chi connectivity index (χ4n) is 1.46. The van der Waals surface area contributed by atoms with Crippen LogP contribution in [-0.4, -0.2) is 15.3 Å². The molecule has 18 heavy (non-hydrogen) atoms. The summed E-state index contributed by atoms with van der Waals surface area (Å²) in [7, 11) is 0. The number of ketones is 1. The van der Waals surface area contributed by atoms with Gasteiger partial charge in [0.15, 0.2) is 5.78 Å². The zero-order chi connectivity index (χ0) is 13.1. The monoisotopic (exact) mass is 374 g/mol. The van der Waals surface area contributed by atoms with Gasteiger partial charge in [0, 0.05) is 11.8 Å². The maximum atomic E-state index is 12.0. The molecule has 0 amide bonds. The molecule has 0 aliphatic rings. The minimum absolute atomic E-state index is 0.0631. The Hall–Kier alpha value is -1.21. The zero-order valence-electron chi connectivity index (χ0n) is 9.14. The Labute approximate surface area is 122 Å². The second-order valence-corrected chi connectivity index (χ2v) is 5.15. The Balaban J connectivity index is 2.30. The summed E-state index contributed by atoms with van der Waals surface area (Å²) in [6.07, 6.45) is 2.80. The normalized spacial score (nSPS) is 10.3. The standard InChI is InChI=1S/C12H8ClIN2O2/c13-9-4-2-1-3-8(9)11(17)6-16-7-15-5-10(14)12(16)18/h1-5,7H,6H2. The van der Waals surface area contributed by atoms with Crippen molar-refractivity contribution in [2.24, 2.45) is 0 Å². The van der Waals surface area contributed by atoms with E-state index in [1.807, 2.05) is 22.6 Å². The number of hydrogen-bond donors (Lipinski definition) is 0. The summed E-state index contributed by atoms with van der Waals surface area (Å²) in [5, 5.41) is 0.383. The van der Waals surface area contributed by atoms with Gasteiger partial charge in [-0.05, 0) is 34.7 Å². The van der Waals surface area contributed by atoms with E-state index < -0.39 is 0 Å². The van der Waals surface area contributed by atoms with Crippen molar-refractivity contribution in [2.75, 3.05) is 0 Å². The Morgan fingerprint density at radius 2 is 2.11 bits per heavy atom. The zero-order valence-corrected chi connectivity index (χ0v) is 12.1. The first kappa shape index (κ1) is 13.2. The predicted molar refractivity (Wildman–Crippen MR) is 77.0 cm³/mol. The van der Waals surface area contributed by atoms with E-state index in [2.05, 4.69) is 4.98 Å². The van der Waals surface area contributed by atoms with Gasteiger partial charge >= 0.3 is 0 Å². The molecular formula is C12H8ClIN2O2. The van der Waals surface area contributed by atoms with Gasteiger partial charge in [0.2, 0.25) is 0 Å². The van der Waals surface area contributed by atoms with E-state index in [9.17, 15) is 9.59 Å². The average Bonchev–Trinajstić information content (AvgIpc) is 2.35. The Bertz CT molecular complexity index is 655. The highest BCUT2D eigenvalue weighted by molar-refractivity contribution is 14.1. The molecule has 6 heteroatoms. The maximum Gasteiger partial charge on any atom is 0.267 e. The Kier molecular flexibility index (Phi) is 4.13. The smallest absolute Gasteiger partial charge is 0.267 e. The fraction of sp³-hybridized carbons (Fsp3) is 0.0833. The third-order valence-electron chi connectivity index (χ3n) is 2.35. The van der Waals surface area contributed by atoms with Crippen LogP contribution in [-0.2, 0) is 6.54 Å². The lowest BCUT2D eigenvalue weighted by Gasteiger charge is -2.05. The number of aromatic nitrogens is 2. The van der Waals surface area contributed by atoms with Gasteiger partial charge in [-0.3, -0.25) is 14.2 Å². The predicted octanol–water partition coefficient (Wildman–Crippen LogP) is 2.38. The molecule has 0 spiro atoms. The summed E-state index contributed by atoms with van der Waals surface area (Å²) >= 11 is 7.82. The molecule has 0 aliphatic carbocycles. The van der Waals surface area contributed by atoms with Gasteiger partial charge in [-0.25, -0.2) is 4.98 Å². The van der Waals surface area contributed by atoms with Gasteiger partial charge in [-0.1, -0.05) is 23.7 Å². The number of carbonyl (C=O) groups is 1. The number of Topliss-reactive ketones (excluding diaryl/α,β-unsaturated/α-hetero) is 1. The number of hydrogen-bond acceptors (Lipinski definition) is 3. The summed E-state index contributed by atoms with van der Waals surface area (Å²) in [5.74, 6) is -0.216. The summed E-state index contributed by atoms with van der Waals surface area (Å²) in [6, 6.07) is 6.76. The van der Waals surface area contributed by atoms with Crippen LogP contribution in [0.4, 0.5) is 0 Å². The number of benzene rings is 1. The van der Waals surface area contributed by atoms with Crippen molar-refractivity contribution < 1.29 is 4.79 Å². The van der Waals surface area contributed by atoms with Crippen molar-refractivity contribution in [2.45, 2.75) is 6.54 Å². The molecule has 1 aromatic heterocycles. The van der Waals surface area contributed by atoms with Crippen LogP contribution < -0.4 is 5.56 Å². The third kappa shape index (κ3) is 2.78. The van der Waals surface area contributed by atoms with Crippen molar-refractivity contribution in [1.29, 1.82) is 0 Å². The molecule has 2 aromatic rings. The van der Waals surface area contributed by atoms with E-state index in [1.54, 1.807) is 24.3 Å². The van der Waals surface area contributed by atoms with Crippen molar-refractivity contribution >= 4 is 40.0 Å². The first-order valence-electron chi connectivity index (χ1n) is 5.07. The van der Waals surface area contributed by atoms with E-state index in [-0.39, 0.29) is 17.9 Å². The summed E-state index contributed by atoms with van der Waals surface area (Å²) in [4.78, 5) is 27.7. The molecule has 2 rings (SSSR count). The average molecular weight is 375 g/mol. The van der Waals surface area contributed by atoms with Crippen LogP contribution in [0.15, 0.2) is 41.6 Å². The van der Waals surface area contributed by atoms with Crippen LogP contribution >= 0.6 is 34.2 Å². The summed E-state index contributed by atoms with van der Waals surface area (Å²) in [6.45, 7) is -0.0631. The first-order valence-corrected chi connectivity index (χ1v) is 6.53. The van der Waals surface area contributed by atoms with E-state index in [1.165, 1.54) is 17.1 Å². The second-order valence-electron chi connectivity index (χ2n) is 3.58. The minimum Gasteiger partial charge on any atom is -0.292 e. The van der Waals surface area contributed by atoms with Crippen molar-refractivity contribution in [3.8, 4) is 0 Å². The largest absolute Gasteiger partial charge is 0.292 e. The SMILES string of the molecule is O=C(Cn1cncc(I)c1=O)c1ccccc1Cl. The molecule has 0 N–H and O–H groups in total. The number of rotatable bonds is 3. The van der Waals surface area contributed by atoms with Gasteiger partial charge in [-0.15, -0.1) is 0 Å². The highest BCUT2D eigenvalue weighted by atomic mass is 127. The van der Waals surface area contributed by atoms with Gasteiger partial charge in [-0.2, -0.15) is 0 Å². The Morgan fingerprint density at radius 1 is 1.39 bits per heavy atom. The van der Waals surface area contributed by atoms with Gasteiger partial charge in [0.1, 0.15) is 0 Å². The molecule has 0 bridgehead atoms. The number of halogens is 2. The highest BCUT2D eigenvalue weighted by Gasteiger charge is 2.11. The molecule has 0 unspecified atom stereocenters. The van der Waals surface area contributed by atoms with Crippen molar-refractivity contribution in [3.05, 3.63) is 61.3 Å². The maximum absolute atomic E-state index is 12.0. The molecule has 0 saturated heterocycles. The molecule has 0 fully saturated rings. The molecule has 1 aromatic carbocycles. The summed E-state index contributed by atoms with van der Waals surface area (Å²) in [5.41, 5.74) is 0.177. The molecule has 0 radical (unpaired) electrons. The number of carbonyl (C=O) groups excluding carboxylic acids is 1. The lowest BCUT2D eigenvalue weighted by atomic mass is 10.1. The minimum atomic E-state index is -0.231. The lowest BCUT2D eigenvalue weighted by molar-refractivity contribution is 0.0970. The van der Waals surface area contributed by atoms with E-state index in [0.29, 0.717) is 14.2 Å². The van der Waals surface area contributed by atoms with Gasteiger partial charge < -0.3 is 0 Å². The molecule has 4 nitrogen and oxygen atoms in total. The van der Waals surface area contributed by atoms with E-state index in [4.69, 9.17) is 11.6 Å². The van der Waals surface area contributed by atoms with E-state index >= 15 is 0 Å².